The third kappa shape index (κ3) is 13.0. The lowest BCUT2D eigenvalue weighted by Gasteiger charge is -2.02. The maximum Gasteiger partial charge on any atom is 0.0245 e. The molecule has 0 atom stereocenters. The Morgan fingerprint density at radius 1 is 0.609 bits per heavy atom. The summed E-state index contributed by atoms with van der Waals surface area (Å²) in [5, 5.41) is 0. The molecule has 1 rings (SSSR count). The van der Waals surface area contributed by atoms with Gasteiger partial charge in [-0.1, -0.05) is 114 Å². The summed E-state index contributed by atoms with van der Waals surface area (Å²) in [7, 11) is 0. The van der Waals surface area contributed by atoms with E-state index >= 15 is 0 Å². The van der Waals surface area contributed by atoms with E-state index in [0.717, 1.165) is 12.0 Å². The monoisotopic (exact) mass is 312 g/mol. The maximum atomic E-state index is 3.29. The minimum Gasteiger partial charge on any atom is -0.0979 e. The Labute approximate surface area is 145 Å². The van der Waals surface area contributed by atoms with Crippen molar-refractivity contribution in [1.82, 2.24) is 0 Å². The first kappa shape index (κ1) is 19.8. The summed E-state index contributed by atoms with van der Waals surface area (Å²) >= 11 is 0. The molecular weight excluding hydrogens is 276 g/mol. The topological polar surface area (TPSA) is 0 Å². The van der Waals surface area contributed by atoms with Crippen LogP contribution in [0.2, 0.25) is 0 Å². The van der Waals surface area contributed by atoms with Gasteiger partial charge in [-0.15, -0.1) is 0 Å². The smallest absolute Gasteiger partial charge is 0.0245 e. The summed E-state index contributed by atoms with van der Waals surface area (Å²) in [5.41, 5.74) is 1.14. The van der Waals surface area contributed by atoms with E-state index in [2.05, 4.69) is 43.0 Å². The highest BCUT2D eigenvalue weighted by atomic mass is 14.0. The highest BCUT2D eigenvalue weighted by Crippen LogP contribution is 2.12. The van der Waals surface area contributed by atoms with Crippen LogP contribution in [-0.4, -0.2) is 0 Å². The van der Waals surface area contributed by atoms with E-state index in [-0.39, 0.29) is 0 Å². The van der Waals surface area contributed by atoms with Gasteiger partial charge in [-0.25, -0.2) is 0 Å². The molecule has 0 aliphatic carbocycles. The van der Waals surface area contributed by atoms with Gasteiger partial charge in [0.2, 0.25) is 0 Å². The summed E-state index contributed by atoms with van der Waals surface area (Å²) in [5.74, 6) is 6.53. The molecule has 23 heavy (non-hydrogen) atoms. The van der Waals surface area contributed by atoms with Crippen molar-refractivity contribution in [3.05, 3.63) is 35.9 Å². The van der Waals surface area contributed by atoms with Crippen molar-refractivity contribution in [1.29, 1.82) is 0 Å². The molecular formula is C23H36. The lowest BCUT2D eigenvalue weighted by atomic mass is 10.0. The van der Waals surface area contributed by atoms with E-state index in [0.29, 0.717) is 0 Å². The fraction of sp³-hybridized carbons (Fsp3) is 0.652. The van der Waals surface area contributed by atoms with Crippen LogP contribution in [0.25, 0.3) is 0 Å². The quantitative estimate of drug-likeness (QED) is 0.261. The number of rotatable bonds is 13. The third-order valence-corrected chi connectivity index (χ3v) is 4.41. The van der Waals surface area contributed by atoms with Gasteiger partial charge in [0.1, 0.15) is 0 Å². The average Bonchev–Trinajstić information content (AvgIpc) is 2.59. The van der Waals surface area contributed by atoms with Gasteiger partial charge in [0.25, 0.3) is 0 Å². The SMILES string of the molecule is CCCCCCCCCCCCCCCC#Cc1ccccc1. The van der Waals surface area contributed by atoms with Crippen LogP contribution in [0.15, 0.2) is 30.3 Å². The molecule has 0 aliphatic rings. The molecule has 0 saturated carbocycles. The first-order valence-corrected chi connectivity index (χ1v) is 9.97. The molecule has 0 spiro atoms. The Kier molecular flexibility index (Phi) is 13.5. The van der Waals surface area contributed by atoms with Crippen molar-refractivity contribution in [3.63, 3.8) is 0 Å². The van der Waals surface area contributed by atoms with Gasteiger partial charge < -0.3 is 0 Å². The van der Waals surface area contributed by atoms with Gasteiger partial charge in [-0.2, -0.15) is 0 Å². The molecule has 0 bridgehead atoms. The molecule has 128 valence electrons. The lowest BCUT2D eigenvalue weighted by Crippen LogP contribution is -1.82. The molecule has 0 heteroatoms. The molecule has 0 N–H and O–H groups in total. The van der Waals surface area contributed by atoms with Crippen LogP contribution in [0.1, 0.15) is 102 Å². The van der Waals surface area contributed by atoms with Gasteiger partial charge in [0.05, 0.1) is 0 Å². The van der Waals surface area contributed by atoms with Gasteiger partial charge in [-0.3, -0.25) is 0 Å². The Morgan fingerprint density at radius 3 is 1.61 bits per heavy atom. The summed E-state index contributed by atoms with van der Waals surface area (Å²) in [4.78, 5) is 0. The zero-order valence-electron chi connectivity index (χ0n) is 15.3. The van der Waals surface area contributed by atoms with E-state index < -0.39 is 0 Å². The minimum atomic E-state index is 1.05. The summed E-state index contributed by atoms with van der Waals surface area (Å²) in [6.45, 7) is 2.29. The summed E-state index contributed by atoms with van der Waals surface area (Å²) in [6.07, 6.45) is 19.4. The van der Waals surface area contributed by atoms with Crippen molar-refractivity contribution >= 4 is 0 Å². The van der Waals surface area contributed by atoms with Crippen LogP contribution in [0.4, 0.5) is 0 Å². The summed E-state index contributed by atoms with van der Waals surface area (Å²) in [6, 6.07) is 10.3. The van der Waals surface area contributed by atoms with Crippen LogP contribution < -0.4 is 0 Å². The molecule has 0 aromatic heterocycles. The molecule has 1 aromatic carbocycles. The zero-order valence-corrected chi connectivity index (χ0v) is 15.3. The standard InChI is InChI=1S/C23H36/c1-2-3-4-5-6-7-8-9-10-11-12-13-14-15-17-20-23-21-18-16-19-22-23/h16,18-19,21-22H,2-15H2,1H3. The van der Waals surface area contributed by atoms with E-state index in [1.165, 1.54) is 83.5 Å². The maximum absolute atomic E-state index is 3.29. The third-order valence-electron chi connectivity index (χ3n) is 4.41. The van der Waals surface area contributed by atoms with Gasteiger partial charge in [0.15, 0.2) is 0 Å². The molecule has 1 aromatic rings. The Bertz CT molecular complexity index is 407. The predicted octanol–water partition coefficient (Wildman–Crippen LogP) is 7.52. The molecule has 0 saturated heterocycles. The Balaban J connectivity index is 1.79. The number of hydrogen-bond donors (Lipinski definition) is 0. The van der Waals surface area contributed by atoms with Crippen molar-refractivity contribution < 1.29 is 0 Å². The molecule has 0 radical (unpaired) electrons. The molecule has 0 heterocycles. The molecule has 0 fully saturated rings. The van der Waals surface area contributed by atoms with Gasteiger partial charge >= 0.3 is 0 Å². The molecule has 0 amide bonds. The van der Waals surface area contributed by atoms with Crippen LogP contribution in [0.3, 0.4) is 0 Å². The van der Waals surface area contributed by atoms with Crippen molar-refractivity contribution in [2.45, 2.75) is 96.8 Å². The molecule has 0 unspecified atom stereocenters. The number of unbranched alkanes of at least 4 members (excludes halogenated alkanes) is 13. The second-order valence-electron chi connectivity index (χ2n) is 6.66. The molecule has 0 nitrogen and oxygen atoms in total. The highest BCUT2D eigenvalue weighted by molar-refractivity contribution is 5.33. The first-order chi connectivity index (χ1) is 11.4. The van der Waals surface area contributed by atoms with Crippen molar-refractivity contribution in [3.8, 4) is 11.8 Å². The average molecular weight is 313 g/mol. The van der Waals surface area contributed by atoms with Crippen LogP contribution in [0.5, 0.6) is 0 Å². The zero-order chi connectivity index (χ0) is 16.4. The normalized spacial score (nSPS) is 10.3. The minimum absolute atomic E-state index is 1.05. The highest BCUT2D eigenvalue weighted by Gasteiger charge is 1.93. The first-order valence-electron chi connectivity index (χ1n) is 9.97. The lowest BCUT2D eigenvalue weighted by molar-refractivity contribution is 0.540. The number of hydrogen-bond acceptors (Lipinski definition) is 0. The van der Waals surface area contributed by atoms with Crippen molar-refractivity contribution in [2.75, 3.05) is 0 Å². The van der Waals surface area contributed by atoms with Crippen molar-refractivity contribution in [2.24, 2.45) is 0 Å². The Hall–Kier alpha value is -1.22. The van der Waals surface area contributed by atoms with E-state index in [9.17, 15) is 0 Å². The predicted molar refractivity (Wildman–Crippen MR) is 104 cm³/mol. The Morgan fingerprint density at radius 2 is 1.09 bits per heavy atom. The van der Waals surface area contributed by atoms with E-state index in [4.69, 9.17) is 0 Å². The van der Waals surface area contributed by atoms with E-state index in [1.54, 1.807) is 0 Å². The molecule has 0 aliphatic heterocycles. The second-order valence-corrected chi connectivity index (χ2v) is 6.66. The fourth-order valence-electron chi connectivity index (χ4n) is 2.92. The number of benzene rings is 1. The second kappa shape index (κ2) is 15.7. The largest absolute Gasteiger partial charge is 0.0979 e. The van der Waals surface area contributed by atoms with Gasteiger partial charge in [0, 0.05) is 12.0 Å². The van der Waals surface area contributed by atoms with Crippen LogP contribution >= 0.6 is 0 Å². The fourth-order valence-corrected chi connectivity index (χ4v) is 2.92. The van der Waals surface area contributed by atoms with Crippen LogP contribution in [0, 0.1) is 11.8 Å². The van der Waals surface area contributed by atoms with Crippen LogP contribution in [-0.2, 0) is 0 Å². The summed E-state index contributed by atoms with van der Waals surface area (Å²) < 4.78 is 0. The van der Waals surface area contributed by atoms with E-state index in [1.807, 2.05) is 6.07 Å². The van der Waals surface area contributed by atoms with Gasteiger partial charge in [-0.05, 0) is 18.6 Å².